The lowest BCUT2D eigenvalue weighted by molar-refractivity contribution is 0.0955. The normalized spacial score (nSPS) is 10.8. The maximum absolute atomic E-state index is 12.2. The monoisotopic (exact) mass is 568 g/mol. The van der Waals surface area contributed by atoms with E-state index in [0.717, 1.165) is 14.7 Å². The van der Waals surface area contributed by atoms with Crippen LogP contribution in [0.2, 0.25) is 10.0 Å². The van der Waals surface area contributed by atoms with E-state index in [1.54, 1.807) is 30.5 Å². The lowest BCUT2D eigenvalue weighted by Crippen LogP contribution is -2.17. The van der Waals surface area contributed by atoms with Crippen molar-refractivity contribution in [2.45, 2.75) is 13.5 Å². The number of halogens is 3. The van der Waals surface area contributed by atoms with E-state index in [9.17, 15) is 4.79 Å². The van der Waals surface area contributed by atoms with Crippen molar-refractivity contribution in [1.29, 1.82) is 0 Å². The van der Waals surface area contributed by atoms with E-state index >= 15 is 0 Å². The molecular weight excluding hydrogens is 550 g/mol. The fourth-order valence-corrected chi connectivity index (χ4v) is 3.76. The largest absolute Gasteiger partial charge is 0.490 e. The molecule has 0 aliphatic rings. The standard InChI is InChI=1S/C23H19Cl2IN2O3/c1-2-30-21-12-15(13-27-28-23(29)16-7-9-18(24)10-8-16)11-20(26)22(21)31-14-17-5-3-4-6-19(17)25/h3-13H,2,14H2,1H3,(H,28,29)/b27-13-. The molecule has 160 valence electrons. The molecule has 3 aromatic rings. The van der Waals surface area contributed by atoms with Crippen LogP contribution in [0.4, 0.5) is 0 Å². The fraction of sp³-hybridized carbons (Fsp3) is 0.130. The van der Waals surface area contributed by atoms with Crippen LogP contribution in [-0.2, 0) is 6.61 Å². The summed E-state index contributed by atoms with van der Waals surface area (Å²) in [5.41, 5.74) is 4.62. The van der Waals surface area contributed by atoms with E-state index in [1.165, 1.54) is 0 Å². The Morgan fingerprint density at radius 2 is 1.84 bits per heavy atom. The first-order valence-corrected chi connectivity index (χ1v) is 11.2. The maximum Gasteiger partial charge on any atom is 0.271 e. The zero-order valence-electron chi connectivity index (χ0n) is 16.6. The van der Waals surface area contributed by atoms with Gasteiger partial charge in [0.05, 0.1) is 16.4 Å². The molecule has 0 saturated heterocycles. The second kappa shape index (κ2) is 11.4. The van der Waals surface area contributed by atoms with Crippen LogP contribution in [0.5, 0.6) is 11.5 Å². The molecule has 0 atom stereocenters. The molecule has 5 nitrogen and oxygen atoms in total. The number of amides is 1. The Bertz CT molecular complexity index is 1090. The molecule has 0 radical (unpaired) electrons. The van der Waals surface area contributed by atoms with Crippen molar-refractivity contribution in [2.24, 2.45) is 5.10 Å². The van der Waals surface area contributed by atoms with Crippen molar-refractivity contribution < 1.29 is 14.3 Å². The Labute approximate surface area is 204 Å². The predicted molar refractivity (Wildman–Crippen MR) is 133 cm³/mol. The van der Waals surface area contributed by atoms with E-state index in [2.05, 4.69) is 33.1 Å². The van der Waals surface area contributed by atoms with Gasteiger partial charge in [0, 0.05) is 21.2 Å². The molecule has 0 spiro atoms. The summed E-state index contributed by atoms with van der Waals surface area (Å²) in [5.74, 6) is 0.893. The molecule has 0 saturated carbocycles. The van der Waals surface area contributed by atoms with Gasteiger partial charge in [-0.05, 0) is 77.5 Å². The van der Waals surface area contributed by atoms with Crippen LogP contribution in [0.25, 0.3) is 0 Å². The Kier molecular flexibility index (Phi) is 8.57. The fourth-order valence-electron chi connectivity index (χ4n) is 2.66. The molecule has 1 amide bonds. The van der Waals surface area contributed by atoms with Gasteiger partial charge in [-0.2, -0.15) is 5.10 Å². The summed E-state index contributed by atoms with van der Waals surface area (Å²) in [6.45, 7) is 2.70. The Balaban J connectivity index is 1.73. The highest BCUT2D eigenvalue weighted by atomic mass is 127. The van der Waals surface area contributed by atoms with Gasteiger partial charge in [-0.3, -0.25) is 4.79 Å². The zero-order valence-corrected chi connectivity index (χ0v) is 20.2. The molecule has 0 unspecified atom stereocenters. The minimum absolute atomic E-state index is 0.320. The zero-order chi connectivity index (χ0) is 22.2. The minimum Gasteiger partial charge on any atom is -0.490 e. The van der Waals surface area contributed by atoms with Crippen molar-refractivity contribution in [3.8, 4) is 11.5 Å². The van der Waals surface area contributed by atoms with E-state index in [1.807, 2.05) is 43.3 Å². The number of nitrogens with one attached hydrogen (secondary N) is 1. The molecule has 3 aromatic carbocycles. The van der Waals surface area contributed by atoms with Crippen molar-refractivity contribution in [1.82, 2.24) is 5.43 Å². The number of hydrogen-bond donors (Lipinski definition) is 1. The summed E-state index contributed by atoms with van der Waals surface area (Å²) in [7, 11) is 0. The van der Waals surface area contributed by atoms with E-state index in [4.69, 9.17) is 32.7 Å². The van der Waals surface area contributed by atoms with Crippen LogP contribution in [0.15, 0.2) is 65.8 Å². The number of hydrogen-bond acceptors (Lipinski definition) is 4. The Morgan fingerprint density at radius 1 is 1.10 bits per heavy atom. The highest BCUT2D eigenvalue weighted by molar-refractivity contribution is 14.1. The molecule has 0 aromatic heterocycles. The number of carbonyl (C=O) groups excluding carboxylic acids is 1. The van der Waals surface area contributed by atoms with Crippen LogP contribution in [0.3, 0.4) is 0 Å². The van der Waals surface area contributed by atoms with Gasteiger partial charge in [-0.25, -0.2) is 5.43 Å². The van der Waals surface area contributed by atoms with Gasteiger partial charge in [-0.1, -0.05) is 41.4 Å². The van der Waals surface area contributed by atoms with Crippen molar-refractivity contribution in [2.75, 3.05) is 6.61 Å². The Hall–Kier alpha value is -2.29. The first kappa shape index (κ1) is 23.4. The topological polar surface area (TPSA) is 59.9 Å². The third kappa shape index (κ3) is 6.59. The van der Waals surface area contributed by atoms with Crippen LogP contribution >= 0.6 is 45.8 Å². The van der Waals surface area contributed by atoms with Crippen LogP contribution in [0.1, 0.15) is 28.4 Å². The third-order valence-electron chi connectivity index (χ3n) is 4.15. The van der Waals surface area contributed by atoms with Crippen molar-refractivity contribution >= 4 is 57.9 Å². The van der Waals surface area contributed by atoms with Crippen LogP contribution in [0, 0.1) is 3.57 Å². The average molecular weight is 569 g/mol. The van der Waals surface area contributed by atoms with Crippen LogP contribution in [-0.4, -0.2) is 18.7 Å². The SMILES string of the molecule is CCOc1cc(/C=N\NC(=O)c2ccc(Cl)cc2)cc(I)c1OCc1ccccc1Cl. The molecule has 1 N–H and O–H groups in total. The minimum atomic E-state index is -0.327. The molecule has 0 fully saturated rings. The summed E-state index contributed by atoms with van der Waals surface area (Å²) in [6.07, 6.45) is 1.55. The summed E-state index contributed by atoms with van der Waals surface area (Å²) < 4.78 is 12.6. The summed E-state index contributed by atoms with van der Waals surface area (Å²) in [5, 5.41) is 5.26. The molecule has 0 bridgehead atoms. The average Bonchev–Trinajstić information content (AvgIpc) is 2.75. The second-order valence-electron chi connectivity index (χ2n) is 6.35. The third-order valence-corrected chi connectivity index (χ3v) is 5.57. The number of ether oxygens (including phenoxy) is 2. The van der Waals surface area contributed by atoms with E-state index < -0.39 is 0 Å². The van der Waals surface area contributed by atoms with Gasteiger partial charge in [0.1, 0.15) is 6.61 Å². The summed E-state index contributed by atoms with van der Waals surface area (Å²) >= 11 is 14.2. The molecule has 0 aliphatic heterocycles. The highest BCUT2D eigenvalue weighted by Crippen LogP contribution is 2.35. The molecule has 31 heavy (non-hydrogen) atoms. The first-order valence-electron chi connectivity index (χ1n) is 9.39. The molecule has 3 rings (SSSR count). The quantitative estimate of drug-likeness (QED) is 0.196. The van der Waals surface area contributed by atoms with Gasteiger partial charge in [0.15, 0.2) is 11.5 Å². The summed E-state index contributed by atoms with van der Waals surface area (Å²) in [6, 6.07) is 17.8. The van der Waals surface area contributed by atoms with Gasteiger partial charge >= 0.3 is 0 Å². The number of carbonyl (C=O) groups is 1. The second-order valence-corrected chi connectivity index (χ2v) is 8.35. The van der Waals surface area contributed by atoms with E-state index in [0.29, 0.717) is 40.3 Å². The summed E-state index contributed by atoms with van der Waals surface area (Å²) in [4.78, 5) is 12.2. The van der Waals surface area contributed by atoms with Gasteiger partial charge < -0.3 is 9.47 Å². The smallest absolute Gasteiger partial charge is 0.271 e. The van der Waals surface area contributed by atoms with Crippen molar-refractivity contribution in [3.63, 3.8) is 0 Å². The van der Waals surface area contributed by atoms with Crippen molar-refractivity contribution in [3.05, 3.63) is 91.0 Å². The first-order chi connectivity index (χ1) is 15.0. The Morgan fingerprint density at radius 3 is 2.55 bits per heavy atom. The molecule has 8 heteroatoms. The maximum atomic E-state index is 12.2. The lowest BCUT2D eigenvalue weighted by Gasteiger charge is -2.15. The highest BCUT2D eigenvalue weighted by Gasteiger charge is 2.13. The molecule has 0 heterocycles. The number of nitrogens with zero attached hydrogens (tertiary/aromatic N) is 1. The number of benzene rings is 3. The van der Waals surface area contributed by atoms with E-state index in [-0.39, 0.29) is 5.91 Å². The predicted octanol–water partition coefficient (Wildman–Crippen LogP) is 6.34. The lowest BCUT2D eigenvalue weighted by atomic mass is 10.2. The number of rotatable bonds is 8. The van der Waals surface area contributed by atoms with Gasteiger partial charge in [0.2, 0.25) is 0 Å². The molecule has 0 aliphatic carbocycles. The van der Waals surface area contributed by atoms with Gasteiger partial charge in [-0.15, -0.1) is 0 Å². The molecular formula is C23H19Cl2IN2O3. The van der Waals surface area contributed by atoms with Gasteiger partial charge in [0.25, 0.3) is 5.91 Å². The van der Waals surface area contributed by atoms with Crippen LogP contribution < -0.4 is 14.9 Å². The number of hydrazone groups is 1.